The van der Waals surface area contributed by atoms with Crippen molar-refractivity contribution in [1.29, 1.82) is 0 Å². The smallest absolute Gasteiger partial charge is 0.165 e. The number of rotatable bonds is 6. The Kier molecular flexibility index (Phi) is 8.22. The first kappa shape index (κ1) is 34.7. The molecule has 0 bridgehead atoms. The quantitative estimate of drug-likeness (QED) is 0.168. The summed E-state index contributed by atoms with van der Waals surface area (Å²) < 4.78 is 4.82. The van der Waals surface area contributed by atoms with Crippen LogP contribution in [0.2, 0.25) is 0 Å². The van der Waals surface area contributed by atoms with Crippen molar-refractivity contribution in [1.82, 2.24) is 15.0 Å². The standard InChI is InChI=1S/C55H33N3S2/c1-3-17-34(18-4-1)36-21-7-8-22-37(36)47-33-46(35-19-5-2-6-20-35)38-23-9-10-26-41(38)50(47)55-57-53(44-29-15-27-42-39-24-11-13-31-48(39)59-51(42)44)56-54(58-55)45-30-16-28-43-40-25-12-14-32-49(40)60-52(43)45/h1-33H. The third-order valence-corrected chi connectivity index (χ3v) is 14.0. The molecule has 0 fully saturated rings. The Balaban J connectivity index is 1.22. The van der Waals surface area contributed by atoms with Crippen LogP contribution in [0.15, 0.2) is 200 Å². The summed E-state index contributed by atoms with van der Waals surface area (Å²) >= 11 is 3.59. The molecule has 5 heteroatoms. The average Bonchev–Trinajstić information content (AvgIpc) is 3.90. The van der Waals surface area contributed by atoms with E-state index in [-0.39, 0.29) is 0 Å². The van der Waals surface area contributed by atoms with Gasteiger partial charge < -0.3 is 0 Å². The molecule has 3 aromatic heterocycles. The van der Waals surface area contributed by atoms with Crippen LogP contribution in [0, 0.1) is 0 Å². The van der Waals surface area contributed by atoms with Crippen molar-refractivity contribution in [2.45, 2.75) is 0 Å². The lowest BCUT2D eigenvalue weighted by Crippen LogP contribution is -2.03. The normalized spacial score (nSPS) is 11.7. The molecule has 0 aliphatic heterocycles. The van der Waals surface area contributed by atoms with Crippen molar-refractivity contribution in [3.63, 3.8) is 0 Å². The van der Waals surface area contributed by atoms with E-state index in [9.17, 15) is 0 Å². The first-order valence-electron chi connectivity index (χ1n) is 20.1. The molecule has 0 aliphatic carbocycles. The van der Waals surface area contributed by atoms with Crippen molar-refractivity contribution in [2.24, 2.45) is 0 Å². The van der Waals surface area contributed by atoms with Gasteiger partial charge in [0, 0.05) is 57.0 Å². The van der Waals surface area contributed by atoms with E-state index in [2.05, 4.69) is 200 Å². The second kappa shape index (κ2) is 14.2. The fraction of sp³-hybridized carbons (Fsp3) is 0. The maximum Gasteiger partial charge on any atom is 0.165 e. The van der Waals surface area contributed by atoms with Crippen LogP contribution in [0.3, 0.4) is 0 Å². The van der Waals surface area contributed by atoms with Crippen molar-refractivity contribution in [3.8, 4) is 67.5 Å². The van der Waals surface area contributed by atoms with E-state index in [0.717, 1.165) is 60.8 Å². The van der Waals surface area contributed by atoms with E-state index in [0.29, 0.717) is 17.5 Å². The molecule has 0 saturated carbocycles. The van der Waals surface area contributed by atoms with Crippen molar-refractivity contribution in [2.75, 3.05) is 0 Å². The van der Waals surface area contributed by atoms with Gasteiger partial charge in [0.05, 0.1) is 0 Å². The van der Waals surface area contributed by atoms with Crippen LogP contribution in [0.25, 0.3) is 119 Å². The van der Waals surface area contributed by atoms with Gasteiger partial charge in [-0.2, -0.15) is 0 Å². The monoisotopic (exact) mass is 799 g/mol. The second-order valence-corrected chi connectivity index (χ2v) is 17.1. The summed E-state index contributed by atoms with van der Waals surface area (Å²) in [5.41, 5.74) is 9.77. The van der Waals surface area contributed by atoms with E-state index in [1.807, 2.05) is 0 Å². The molecular formula is C55H33N3S2. The molecule has 0 amide bonds. The zero-order valence-corrected chi connectivity index (χ0v) is 33.8. The Morgan fingerprint density at radius 3 is 1.27 bits per heavy atom. The molecule has 0 atom stereocenters. The fourth-order valence-corrected chi connectivity index (χ4v) is 11.3. The summed E-state index contributed by atoms with van der Waals surface area (Å²) in [4.78, 5) is 16.6. The summed E-state index contributed by atoms with van der Waals surface area (Å²) in [5, 5.41) is 7.12. The van der Waals surface area contributed by atoms with Crippen molar-refractivity contribution < 1.29 is 0 Å². The number of hydrogen-bond acceptors (Lipinski definition) is 5. The minimum absolute atomic E-state index is 0.639. The van der Waals surface area contributed by atoms with Crippen LogP contribution in [-0.4, -0.2) is 15.0 Å². The minimum atomic E-state index is 0.639. The van der Waals surface area contributed by atoms with Gasteiger partial charge in [0.2, 0.25) is 0 Å². The van der Waals surface area contributed by atoms with Gasteiger partial charge in [-0.15, -0.1) is 22.7 Å². The topological polar surface area (TPSA) is 38.7 Å². The highest BCUT2D eigenvalue weighted by atomic mass is 32.1. The molecule has 12 aromatic rings. The first-order chi connectivity index (χ1) is 29.8. The summed E-state index contributed by atoms with van der Waals surface area (Å²) in [6, 6.07) is 71.5. The van der Waals surface area contributed by atoms with Gasteiger partial charge >= 0.3 is 0 Å². The lowest BCUT2D eigenvalue weighted by atomic mass is 9.85. The fourth-order valence-electron chi connectivity index (χ4n) is 8.85. The molecule has 9 aromatic carbocycles. The summed E-state index contributed by atoms with van der Waals surface area (Å²) in [6.07, 6.45) is 0. The van der Waals surface area contributed by atoms with Crippen molar-refractivity contribution in [3.05, 3.63) is 200 Å². The van der Waals surface area contributed by atoms with Crippen LogP contribution < -0.4 is 0 Å². The van der Waals surface area contributed by atoms with Gasteiger partial charge in [-0.1, -0.05) is 170 Å². The Morgan fingerprint density at radius 1 is 0.267 bits per heavy atom. The van der Waals surface area contributed by atoms with Gasteiger partial charge in [-0.25, -0.2) is 15.0 Å². The Bertz CT molecular complexity index is 3470. The molecule has 12 rings (SSSR count). The highest BCUT2D eigenvalue weighted by Crippen LogP contribution is 2.47. The largest absolute Gasteiger partial charge is 0.208 e. The third kappa shape index (κ3) is 5.66. The molecular weight excluding hydrogens is 767 g/mol. The summed E-state index contributed by atoms with van der Waals surface area (Å²) in [7, 11) is 0. The second-order valence-electron chi connectivity index (χ2n) is 15.0. The van der Waals surface area contributed by atoms with Crippen LogP contribution >= 0.6 is 22.7 Å². The summed E-state index contributed by atoms with van der Waals surface area (Å²) in [5.74, 6) is 1.95. The SMILES string of the molecule is c1ccc(-c2ccccc2-c2cc(-c3ccccc3)c3ccccc3c2-c2nc(-c3cccc4c3sc3ccccc34)nc(-c3cccc4c3sc3ccccc34)n2)cc1. The third-order valence-electron chi connectivity index (χ3n) is 11.6. The molecule has 3 heterocycles. The molecule has 280 valence electrons. The molecule has 3 nitrogen and oxygen atoms in total. The number of aromatic nitrogens is 3. The van der Waals surface area contributed by atoms with E-state index in [4.69, 9.17) is 15.0 Å². The van der Waals surface area contributed by atoms with Crippen LogP contribution in [0.4, 0.5) is 0 Å². The maximum absolute atomic E-state index is 5.57. The van der Waals surface area contributed by atoms with Gasteiger partial charge in [0.15, 0.2) is 17.5 Å². The molecule has 0 aliphatic rings. The number of hydrogen-bond donors (Lipinski definition) is 0. The van der Waals surface area contributed by atoms with Crippen LogP contribution in [-0.2, 0) is 0 Å². The number of nitrogens with zero attached hydrogens (tertiary/aromatic N) is 3. The highest BCUT2D eigenvalue weighted by Gasteiger charge is 2.24. The van der Waals surface area contributed by atoms with Crippen molar-refractivity contribution >= 4 is 73.8 Å². The van der Waals surface area contributed by atoms with Gasteiger partial charge in [-0.3, -0.25) is 0 Å². The van der Waals surface area contributed by atoms with E-state index < -0.39 is 0 Å². The van der Waals surface area contributed by atoms with E-state index >= 15 is 0 Å². The van der Waals surface area contributed by atoms with E-state index in [1.165, 1.54) is 40.3 Å². The van der Waals surface area contributed by atoms with Crippen LogP contribution in [0.5, 0.6) is 0 Å². The maximum atomic E-state index is 5.57. The number of benzene rings is 9. The zero-order valence-electron chi connectivity index (χ0n) is 32.2. The lowest BCUT2D eigenvalue weighted by molar-refractivity contribution is 1.08. The Labute approximate surface area is 354 Å². The first-order valence-corrected chi connectivity index (χ1v) is 21.7. The van der Waals surface area contributed by atoms with Gasteiger partial charge in [0.25, 0.3) is 0 Å². The zero-order chi connectivity index (χ0) is 39.6. The molecule has 60 heavy (non-hydrogen) atoms. The number of fused-ring (bicyclic) bond motifs is 7. The molecule has 0 saturated heterocycles. The van der Waals surface area contributed by atoms with Crippen LogP contribution in [0.1, 0.15) is 0 Å². The highest BCUT2D eigenvalue weighted by molar-refractivity contribution is 7.26. The molecule has 0 unspecified atom stereocenters. The molecule has 0 spiro atoms. The number of thiophene rings is 2. The molecule has 0 N–H and O–H groups in total. The lowest BCUT2D eigenvalue weighted by Gasteiger charge is -2.20. The Morgan fingerprint density at radius 2 is 0.683 bits per heavy atom. The van der Waals surface area contributed by atoms with Gasteiger partial charge in [-0.05, 0) is 74.5 Å². The predicted molar refractivity (Wildman–Crippen MR) is 256 cm³/mol. The minimum Gasteiger partial charge on any atom is -0.208 e. The molecule has 0 radical (unpaired) electrons. The predicted octanol–water partition coefficient (Wildman–Crippen LogP) is 15.8. The summed E-state index contributed by atoms with van der Waals surface area (Å²) in [6.45, 7) is 0. The van der Waals surface area contributed by atoms with Gasteiger partial charge in [0.1, 0.15) is 0 Å². The van der Waals surface area contributed by atoms with E-state index in [1.54, 1.807) is 22.7 Å². The average molecular weight is 800 g/mol. The Hall–Kier alpha value is -7.31.